The molecular formula is C12H10N6S2. The fourth-order valence-electron chi connectivity index (χ4n) is 2.09. The zero-order chi connectivity index (χ0) is 13.7. The van der Waals surface area contributed by atoms with Gasteiger partial charge < -0.3 is 0 Å². The molecular weight excluding hydrogens is 292 g/mol. The third-order valence-corrected chi connectivity index (χ3v) is 4.77. The highest BCUT2D eigenvalue weighted by atomic mass is 32.1. The normalized spacial score (nSPS) is 11.5. The molecule has 100 valence electrons. The van der Waals surface area contributed by atoms with Crippen LogP contribution in [-0.4, -0.2) is 29.6 Å². The first-order valence-corrected chi connectivity index (χ1v) is 7.69. The van der Waals surface area contributed by atoms with Crippen LogP contribution in [0.4, 0.5) is 0 Å². The van der Waals surface area contributed by atoms with Gasteiger partial charge in [0.25, 0.3) is 0 Å². The van der Waals surface area contributed by atoms with Gasteiger partial charge in [0.1, 0.15) is 0 Å². The highest BCUT2D eigenvalue weighted by molar-refractivity contribution is 7.20. The van der Waals surface area contributed by atoms with Crippen molar-refractivity contribution in [3.8, 4) is 21.3 Å². The summed E-state index contributed by atoms with van der Waals surface area (Å²) in [6, 6.07) is 4.02. The molecule has 0 atom stereocenters. The summed E-state index contributed by atoms with van der Waals surface area (Å²) in [5, 5.41) is 20.3. The lowest BCUT2D eigenvalue weighted by atomic mass is 10.3. The molecule has 0 fully saturated rings. The minimum atomic E-state index is 0.791. The van der Waals surface area contributed by atoms with Gasteiger partial charge in [-0.1, -0.05) is 17.4 Å². The van der Waals surface area contributed by atoms with E-state index in [2.05, 4.69) is 20.4 Å². The minimum absolute atomic E-state index is 0.791. The standard InChI is InChI=1S/C12H10N6S2/c1-7-8(6-17(2)15-7)11-16-18-10(9-4-3-5-19-9)13-14-12(18)20-11/h3-6H,1-2H3. The lowest BCUT2D eigenvalue weighted by Crippen LogP contribution is -1.89. The lowest BCUT2D eigenvalue weighted by Gasteiger charge is -1.91. The Morgan fingerprint density at radius 1 is 1.20 bits per heavy atom. The Kier molecular flexibility index (Phi) is 2.48. The van der Waals surface area contributed by atoms with Crippen LogP contribution in [0.1, 0.15) is 5.69 Å². The molecule has 20 heavy (non-hydrogen) atoms. The van der Waals surface area contributed by atoms with Gasteiger partial charge >= 0.3 is 0 Å². The number of hydrogen-bond donors (Lipinski definition) is 0. The number of aromatic nitrogens is 6. The molecule has 4 aromatic heterocycles. The van der Waals surface area contributed by atoms with Crippen molar-refractivity contribution in [2.24, 2.45) is 7.05 Å². The smallest absolute Gasteiger partial charge is 0.235 e. The Balaban J connectivity index is 1.90. The van der Waals surface area contributed by atoms with Crippen molar-refractivity contribution in [1.29, 1.82) is 0 Å². The van der Waals surface area contributed by atoms with Crippen molar-refractivity contribution in [1.82, 2.24) is 29.6 Å². The van der Waals surface area contributed by atoms with E-state index in [1.165, 1.54) is 11.3 Å². The molecule has 0 aliphatic rings. The fraction of sp³-hybridized carbons (Fsp3) is 0.167. The highest BCUT2D eigenvalue weighted by Crippen LogP contribution is 2.30. The number of aryl methyl sites for hydroxylation is 2. The molecule has 0 aliphatic carbocycles. The van der Waals surface area contributed by atoms with Gasteiger partial charge in [-0.05, 0) is 18.4 Å². The maximum absolute atomic E-state index is 4.64. The van der Waals surface area contributed by atoms with Crippen molar-refractivity contribution in [2.45, 2.75) is 6.92 Å². The maximum Gasteiger partial charge on any atom is 0.235 e. The van der Waals surface area contributed by atoms with Crippen molar-refractivity contribution in [2.75, 3.05) is 0 Å². The van der Waals surface area contributed by atoms with Crippen LogP contribution in [0, 0.1) is 6.92 Å². The number of hydrogen-bond acceptors (Lipinski definition) is 6. The predicted molar refractivity (Wildman–Crippen MR) is 78.9 cm³/mol. The summed E-state index contributed by atoms with van der Waals surface area (Å²) in [4.78, 5) is 1.86. The molecule has 4 heterocycles. The average molecular weight is 302 g/mol. The summed E-state index contributed by atoms with van der Waals surface area (Å²) >= 11 is 3.16. The van der Waals surface area contributed by atoms with Gasteiger partial charge in [-0.25, -0.2) is 0 Å². The van der Waals surface area contributed by atoms with Crippen molar-refractivity contribution in [3.05, 3.63) is 29.4 Å². The number of rotatable bonds is 2. The first kappa shape index (κ1) is 11.7. The molecule has 0 unspecified atom stereocenters. The molecule has 0 aliphatic heterocycles. The second kappa shape index (κ2) is 4.22. The second-order valence-corrected chi connectivity index (χ2v) is 6.31. The first-order valence-electron chi connectivity index (χ1n) is 5.99. The maximum atomic E-state index is 4.64. The van der Waals surface area contributed by atoms with Crippen LogP contribution in [0.3, 0.4) is 0 Å². The Bertz CT molecular complexity index is 883. The van der Waals surface area contributed by atoms with E-state index in [1.807, 2.05) is 37.7 Å². The molecule has 0 spiro atoms. The predicted octanol–water partition coefficient (Wildman–Crippen LogP) is 2.62. The highest BCUT2D eigenvalue weighted by Gasteiger charge is 2.17. The SMILES string of the molecule is Cc1nn(C)cc1-c1nn2c(-c3cccs3)nnc2s1. The van der Waals surface area contributed by atoms with Crippen molar-refractivity contribution in [3.63, 3.8) is 0 Å². The molecule has 8 heteroatoms. The van der Waals surface area contributed by atoms with Crippen LogP contribution < -0.4 is 0 Å². The molecule has 0 bridgehead atoms. The van der Waals surface area contributed by atoms with Crippen LogP contribution in [0.25, 0.3) is 26.2 Å². The van der Waals surface area contributed by atoms with E-state index in [9.17, 15) is 0 Å². The molecule has 0 aromatic carbocycles. The number of fused-ring (bicyclic) bond motifs is 1. The topological polar surface area (TPSA) is 60.9 Å². The molecule has 0 saturated carbocycles. The Morgan fingerprint density at radius 2 is 2.10 bits per heavy atom. The molecule has 0 N–H and O–H groups in total. The van der Waals surface area contributed by atoms with Crippen LogP contribution >= 0.6 is 22.7 Å². The molecule has 6 nitrogen and oxygen atoms in total. The van der Waals surface area contributed by atoms with Crippen molar-refractivity contribution >= 4 is 27.6 Å². The summed E-state index contributed by atoms with van der Waals surface area (Å²) in [5.74, 6) is 0.791. The van der Waals surface area contributed by atoms with Crippen LogP contribution in [0.2, 0.25) is 0 Å². The summed E-state index contributed by atoms with van der Waals surface area (Å²) < 4.78 is 3.60. The molecule has 4 rings (SSSR count). The fourth-order valence-corrected chi connectivity index (χ4v) is 3.69. The third kappa shape index (κ3) is 1.69. The number of thiophene rings is 1. The van der Waals surface area contributed by atoms with Gasteiger partial charge in [-0.15, -0.1) is 21.5 Å². The van der Waals surface area contributed by atoms with E-state index >= 15 is 0 Å². The van der Waals surface area contributed by atoms with E-state index < -0.39 is 0 Å². The van der Waals surface area contributed by atoms with E-state index in [4.69, 9.17) is 0 Å². The number of nitrogens with zero attached hydrogens (tertiary/aromatic N) is 6. The van der Waals surface area contributed by atoms with Crippen LogP contribution in [0.5, 0.6) is 0 Å². The van der Waals surface area contributed by atoms with Gasteiger partial charge in [0.05, 0.1) is 16.1 Å². The summed E-state index contributed by atoms with van der Waals surface area (Å²) in [6.45, 7) is 1.98. The van der Waals surface area contributed by atoms with Gasteiger partial charge in [0.2, 0.25) is 4.96 Å². The summed E-state index contributed by atoms with van der Waals surface area (Å²) in [5.41, 5.74) is 2.01. The quantitative estimate of drug-likeness (QED) is 0.571. The monoisotopic (exact) mass is 302 g/mol. The Hall–Kier alpha value is -2.06. The Morgan fingerprint density at radius 3 is 2.80 bits per heavy atom. The zero-order valence-corrected chi connectivity index (χ0v) is 12.4. The lowest BCUT2D eigenvalue weighted by molar-refractivity contribution is 0.756. The molecule has 0 radical (unpaired) electrons. The van der Waals surface area contributed by atoms with E-state index in [1.54, 1.807) is 20.5 Å². The van der Waals surface area contributed by atoms with E-state index in [0.29, 0.717) is 0 Å². The van der Waals surface area contributed by atoms with E-state index in [-0.39, 0.29) is 0 Å². The molecule has 4 aromatic rings. The van der Waals surface area contributed by atoms with Gasteiger partial charge in [-0.3, -0.25) is 4.68 Å². The largest absolute Gasteiger partial charge is 0.275 e. The van der Waals surface area contributed by atoms with Gasteiger partial charge in [0.15, 0.2) is 10.8 Å². The van der Waals surface area contributed by atoms with Gasteiger partial charge in [-0.2, -0.15) is 14.7 Å². The first-order chi connectivity index (χ1) is 9.72. The summed E-state index contributed by atoms with van der Waals surface area (Å²) in [6.07, 6.45) is 1.98. The molecule has 0 saturated heterocycles. The summed E-state index contributed by atoms with van der Waals surface area (Å²) in [7, 11) is 1.91. The van der Waals surface area contributed by atoms with Crippen LogP contribution in [0.15, 0.2) is 23.7 Å². The third-order valence-electron chi connectivity index (χ3n) is 2.98. The van der Waals surface area contributed by atoms with Crippen LogP contribution in [-0.2, 0) is 7.05 Å². The van der Waals surface area contributed by atoms with Crippen molar-refractivity contribution < 1.29 is 0 Å². The van der Waals surface area contributed by atoms with E-state index in [0.717, 1.165) is 31.9 Å². The second-order valence-electron chi connectivity index (χ2n) is 4.40. The zero-order valence-electron chi connectivity index (χ0n) is 10.8. The van der Waals surface area contributed by atoms with Gasteiger partial charge in [0, 0.05) is 13.2 Å². The Labute approximate surface area is 122 Å². The molecule has 0 amide bonds. The minimum Gasteiger partial charge on any atom is -0.275 e. The average Bonchev–Trinajstić information content (AvgIpc) is 3.11.